The van der Waals surface area contributed by atoms with Gasteiger partial charge in [0.2, 0.25) is 0 Å². The molecule has 4 nitrogen and oxygen atoms in total. The van der Waals surface area contributed by atoms with Gasteiger partial charge in [-0.05, 0) is 58.1 Å². The van der Waals surface area contributed by atoms with Crippen LogP contribution in [0.25, 0.3) is 0 Å². The predicted molar refractivity (Wildman–Crippen MR) is 87.7 cm³/mol. The van der Waals surface area contributed by atoms with Crippen molar-refractivity contribution >= 4 is 0 Å². The molecular weight excluding hydrogens is 262 g/mol. The van der Waals surface area contributed by atoms with Gasteiger partial charge in [0.15, 0.2) is 0 Å². The van der Waals surface area contributed by atoms with E-state index < -0.39 is 0 Å². The Labute approximate surface area is 128 Å². The maximum absolute atomic E-state index is 6.36. The molecule has 4 heteroatoms. The number of nitrogens with two attached hydrogens (primary N) is 1. The molecule has 1 aromatic rings. The van der Waals surface area contributed by atoms with E-state index in [0.717, 1.165) is 24.4 Å². The molecule has 1 fully saturated rings. The van der Waals surface area contributed by atoms with Crippen LogP contribution in [0.5, 0.6) is 5.75 Å². The second-order valence-electron chi connectivity index (χ2n) is 6.55. The number of benzene rings is 1. The highest BCUT2D eigenvalue weighted by Crippen LogP contribution is 2.36. The Kier molecular flexibility index (Phi) is 5.25. The molecule has 2 rings (SSSR count). The summed E-state index contributed by atoms with van der Waals surface area (Å²) in [6.07, 6.45) is 3.92. The predicted octanol–water partition coefficient (Wildman–Crippen LogP) is 2.11. The minimum atomic E-state index is 0.0180. The Hall–Kier alpha value is -1.10. The molecule has 0 saturated heterocycles. The van der Waals surface area contributed by atoms with Crippen molar-refractivity contribution in [2.24, 2.45) is 5.73 Å². The third-order valence-electron chi connectivity index (χ3n) is 4.83. The van der Waals surface area contributed by atoms with Crippen molar-refractivity contribution in [3.8, 4) is 5.75 Å². The van der Waals surface area contributed by atoms with E-state index in [4.69, 9.17) is 10.5 Å². The van der Waals surface area contributed by atoms with Gasteiger partial charge in [0, 0.05) is 24.7 Å². The quantitative estimate of drug-likeness (QED) is 0.835. The molecule has 2 N–H and O–H groups in total. The summed E-state index contributed by atoms with van der Waals surface area (Å²) in [5.41, 5.74) is 7.85. The van der Waals surface area contributed by atoms with E-state index in [0.29, 0.717) is 5.54 Å². The molecule has 118 valence electrons. The van der Waals surface area contributed by atoms with Crippen LogP contribution in [0.2, 0.25) is 0 Å². The van der Waals surface area contributed by atoms with Gasteiger partial charge in [0.05, 0.1) is 7.11 Å². The summed E-state index contributed by atoms with van der Waals surface area (Å²) in [6.45, 7) is 1.94. The molecule has 1 aliphatic rings. The van der Waals surface area contributed by atoms with Crippen LogP contribution < -0.4 is 10.5 Å². The summed E-state index contributed by atoms with van der Waals surface area (Å²) in [5, 5.41) is 0. The summed E-state index contributed by atoms with van der Waals surface area (Å²) in [7, 11) is 8.24. The van der Waals surface area contributed by atoms with E-state index in [9.17, 15) is 0 Å². The van der Waals surface area contributed by atoms with Gasteiger partial charge in [-0.2, -0.15) is 0 Å². The fourth-order valence-electron chi connectivity index (χ4n) is 3.21. The number of rotatable bonds is 7. The average molecular weight is 291 g/mol. The number of hydrogen-bond acceptors (Lipinski definition) is 4. The first kappa shape index (κ1) is 16.3. The van der Waals surface area contributed by atoms with Gasteiger partial charge in [0.25, 0.3) is 0 Å². The van der Waals surface area contributed by atoms with Gasteiger partial charge in [-0.1, -0.05) is 12.1 Å². The van der Waals surface area contributed by atoms with Crippen LogP contribution >= 0.6 is 0 Å². The molecule has 0 aliphatic heterocycles. The van der Waals surface area contributed by atoms with Crippen molar-refractivity contribution in [3.05, 3.63) is 29.8 Å². The summed E-state index contributed by atoms with van der Waals surface area (Å²) in [5.74, 6) is 0.870. The first-order chi connectivity index (χ1) is 9.97. The highest BCUT2D eigenvalue weighted by atomic mass is 16.5. The molecule has 1 aromatic carbocycles. The largest absolute Gasteiger partial charge is 0.497 e. The first-order valence-electron chi connectivity index (χ1n) is 7.72. The summed E-state index contributed by atoms with van der Waals surface area (Å²) >= 11 is 0. The fourth-order valence-corrected chi connectivity index (χ4v) is 3.21. The average Bonchev–Trinajstić information content (AvgIpc) is 2.42. The van der Waals surface area contributed by atoms with Crippen molar-refractivity contribution in [1.82, 2.24) is 9.80 Å². The number of ether oxygens (including phenoxy) is 1. The lowest BCUT2D eigenvalue weighted by Gasteiger charge is -2.49. The van der Waals surface area contributed by atoms with Crippen LogP contribution in [0.1, 0.15) is 30.9 Å². The van der Waals surface area contributed by atoms with Crippen LogP contribution in [0.4, 0.5) is 0 Å². The van der Waals surface area contributed by atoms with Crippen LogP contribution in [0, 0.1) is 0 Å². The van der Waals surface area contributed by atoms with Crippen LogP contribution in [0.15, 0.2) is 24.3 Å². The van der Waals surface area contributed by atoms with E-state index in [-0.39, 0.29) is 6.04 Å². The van der Waals surface area contributed by atoms with E-state index in [1.54, 1.807) is 7.11 Å². The first-order valence-corrected chi connectivity index (χ1v) is 7.72. The Morgan fingerprint density at radius 3 is 2.52 bits per heavy atom. The summed E-state index contributed by atoms with van der Waals surface area (Å²) in [4.78, 5) is 4.74. The number of methoxy groups -OCH3 is 1. The Morgan fingerprint density at radius 2 is 2.00 bits per heavy atom. The minimum Gasteiger partial charge on any atom is -0.497 e. The van der Waals surface area contributed by atoms with Crippen molar-refractivity contribution in [3.63, 3.8) is 0 Å². The maximum atomic E-state index is 6.36. The van der Waals surface area contributed by atoms with Crippen molar-refractivity contribution < 1.29 is 4.74 Å². The van der Waals surface area contributed by atoms with Gasteiger partial charge >= 0.3 is 0 Å². The van der Waals surface area contributed by atoms with Gasteiger partial charge < -0.3 is 20.3 Å². The maximum Gasteiger partial charge on any atom is 0.119 e. The third kappa shape index (κ3) is 3.76. The molecule has 0 amide bonds. The Balaban J connectivity index is 1.93. The SMILES string of the molecule is COc1cccc(C(N)CN(C)CC2(N(C)C)CCC2)c1. The van der Waals surface area contributed by atoms with E-state index >= 15 is 0 Å². The normalized spacial score (nSPS) is 18.6. The standard InChI is InChI=1S/C17H29N3O/c1-19(2)17(9-6-10-17)13-20(3)12-16(18)14-7-5-8-15(11-14)21-4/h5,7-8,11,16H,6,9-10,12-13,18H2,1-4H3. The lowest BCUT2D eigenvalue weighted by Crippen LogP contribution is -2.57. The molecule has 0 heterocycles. The molecule has 0 spiro atoms. The summed E-state index contributed by atoms with van der Waals surface area (Å²) < 4.78 is 5.27. The molecule has 0 bridgehead atoms. The fraction of sp³-hybridized carbons (Fsp3) is 0.647. The molecular formula is C17H29N3O. The second-order valence-corrected chi connectivity index (χ2v) is 6.55. The molecule has 0 aromatic heterocycles. The van der Waals surface area contributed by atoms with E-state index in [1.165, 1.54) is 19.3 Å². The van der Waals surface area contributed by atoms with Crippen LogP contribution in [-0.2, 0) is 0 Å². The zero-order valence-corrected chi connectivity index (χ0v) is 13.8. The number of nitrogens with zero attached hydrogens (tertiary/aromatic N) is 2. The van der Waals surface area contributed by atoms with E-state index in [1.807, 2.05) is 18.2 Å². The van der Waals surface area contributed by atoms with Crippen molar-refractivity contribution in [1.29, 1.82) is 0 Å². The van der Waals surface area contributed by atoms with Crippen molar-refractivity contribution in [2.45, 2.75) is 30.8 Å². The molecule has 21 heavy (non-hydrogen) atoms. The van der Waals surface area contributed by atoms with Gasteiger partial charge in [-0.25, -0.2) is 0 Å². The zero-order chi connectivity index (χ0) is 15.5. The minimum absolute atomic E-state index is 0.0180. The van der Waals surface area contributed by atoms with Crippen molar-refractivity contribution in [2.75, 3.05) is 41.3 Å². The zero-order valence-electron chi connectivity index (χ0n) is 13.8. The lowest BCUT2D eigenvalue weighted by molar-refractivity contribution is 0.0265. The summed E-state index contributed by atoms with van der Waals surface area (Å²) in [6, 6.07) is 8.08. The molecule has 1 atom stereocenters. The van der Waals surface area contributed by atoms with E-state index in [2.05, 4.69) is 37.0 Å². The van der Waals surface area contributed by atoms with Gasteiger partial charge in [-0.15, -0.1) is 0 Å². The molecule has 1 unspecified atom stereocenters. The Bertz CT molecular complexity index is 457. The van der Waals surface area contributed by atoms with Crippen LogP contribution in [-0.4, -0.2) is 56.7 Å². The number of hydrogen-bond donors (Lipinski definition) is 1. The highest BCUT2D eigenvalue weighted by Gasteiger charge is 2.39. The third-order valence-corrected chi connectivity index (χ3v) is 4.83. The monoisotopic (exact) mass is 291 g/mol. The van der Waals surface area contributed by atoms with Gasteiger partial charge in [-0.3, -0.25) is 0 Å². The lowest BCUT2D eigenvalue weighted by atomic mass is 9.75. The molecule has 0 radical (unpaired) electrons. The molecule has 1 saturated carbocycles. The number of likely N-dealkylation sites (N-methyl/N-ethyl adjacent to an activating group) is 2. The smallest absolute Gasteiger partial charge is 0.119 e. The Morgan fingerprint density at radius 1 is 1.29 bits per heavy atom. The molecule has 1 aliphatic carbocycles. The van der Waals surface area contributed by atoms with Gasteiger partial charge in [0.1, 0.15) is 5.75 Å². The second kappa shape index (κ2) is 6.77. The topological polar surface area (TPSA) is 41.7 Å². The highest BCUT2D eigenvalue weighted by molar-refractivity contribution is 5.30. The van der Waals surface area contributed by atoms with Crippen LogP contribution in [0.3, 0.4) is 0 Å².